The highest BCUT2D eigenvalue weighted by Gasteiger charge is 2.82. The number of alkyl halides is 10. The Morgan fingerprint density at radius 2 is 0.875 bits per heavy atom. The van der Waals surface area contributed by atoms with E-state index in [2.05, 4.69) is 15.9 Å². The lowest BCUT2D eigenvalue weighted by Crippen LogP contribution is -2.59. The van der Waals surface area contributed by atoms with E-state index in [4.69, 9.17) is 0 Å². The summed E-state index contributed by atoms with van der Waals surface area (Å²) in [5, 5.41) is -1.08. The van der Waals surface area contributed by atoms with Gasteiger partial charge < -0.3 is 0 Å². The summed E-state index contributed by atoms with van der Waals surface area (Å²) in [5.41, 5.74) is -5.68. The van der Waals surface area contributed by atoms with E-state index in [1.807, 2.05) is 0 Å². The molecule has 0 aromatic carbocycles. The van der Waals surface area contributed by atoms with E-state index < -0.39 is 35.7 Å². The first-order valence-corrected chi connectivity index (χ1v) is 4.69. The molecular weight excluding hydrogens is 323 g/mol. The van der Waals surface area contributed by atoms with Crippen LogP contribution in [0.4, 0.5) is 39.5 Å². The van der Waals surface area contributed by atoms with Crippen LogP contribution in [-0.4, -0.2) is 23.9 Å². The molecule has 0 unspecified atom stereocenters. The minimum absolute atomic E-state index is 1.08. The van der Waals surface area contributed by atoms with Gasteiger partial charge in [0.2, 0.25) is 0 Å². The molecule has 0 rings (SSSR count). The minimum atomic E-state index is -6.45. The zero-order chi connectivity index (χ0) is 13.4. The quantitative estimate of drug-likeness (QED) is 0.519. The molecule has 0 bridgehead atoms. The normalized spacial score (nSPS) is 15.4. The van der Waals surface area contributed by atoms with Crippen LogP contribution in [0.15, 0.2) is 0 Å². The van der Waals surface area contributed by atoms with E-state index in [0.717, 1.165) is 0 Å². The number of rotatable bonds is 2. The molecule has 0 aliphatic heterocycles. The molecule has 0 saturated heterocycles. The van der Waals surface area contributed by atoms with Crippen molar-refractivity contribution in [3.63, 3.8) is 0 Å². The highest BCUT2D eigenvalue weighted by molar-refractivity contribution is 9.09. The van der Waals surface area contributed by atoms with Crippen LogP contribution in [-0.2, 0) is 0 Å². The standard InChI is InChI=1S/C6H4BrF9/c7-2-1-3(4(8,9)10,5(11,12)13)6(14,15)16/h1-2H2. The molecule has 0 aliphatic rings. The smallest absolute Gasteiger partial charge is 0.170 e. The average molecular weight is 327 g/mol. The first-order valence-electron chi connectivity index (χ1n) is 3.57. The highest BCUT2D eigenvalue weighted by atomic mass is 79.9. The molecule has 0 atom stereocenters. The molecule has 0 saturated carbocycles. The Bertz CT molecular complexity index is 198. The molecule has 0 nitrogen and oxygen atoms in total. The van der Waals surface area contributed by atoms with Crippen molar-refractivity contribution in [2.45, 2.75) is 24.9 Å². The molecule has 0 fully saturated rings. The van der Waals surface area contributed by atoms with E-state index in [-0.39, 0.29) is 0 Å². The number of hydrogen-bond acceptors (Lipinski definition) is 0. The summed E-state index contributed by atoms with van der Waals surface area (Å²) in [4.78, 5) is 0. The van der Waals surface area contributed by atoms with Gasteiger partial charge in [-0.3, -0.25) is 0 Å². The molecule has 0 amide bonds. The van der Waals surface area contributed by atoms with Crippen molar-refractivity contribution < 1.29 is 39.5 Å². The second-order valence-electron chi connectivity index (χ2n) is 2.84. The van der Waals surface area contributed by atoms with Crippen LogP contribution in [0, 0.1) is 5.41 Å². The molecule has 0 aromatic rings. The average Bonchev–Trinajstić information content (AvgIpc) is 1.91. The lowest BCUT2D eigenvalue weighted by molar-refractivity contribution is -0.427. The zero-order valence-corrected chi connectivity index (χ0v) is 8.78. The predicted octanol–water partition coefficient (Wildman–Crippen LogP) is 4.44. The molecule has 0 N–H and O–H groups in total. The van der Waals surface area contributed by atoms with Gasteiger partial charge in [-0.15, -0.1) is 0 Å². The van der Waals surface area contributed by atoms with Gasteiger partial charge in [-0.2, -0.15) is 39.5 Å². The number of halogens is 10. The largest absolute Gasteiger partial charge is 0.412 e. The van der Waals surface area contributed by atoms with Crippen molar-refractivity contribution in [2.75, 3.05) is 5.33 Å². The maximum atomic E-state index is 12.1. The van der Waals surface area contributed by atoms with Crippen molar-refractivity contribution in [1.29, 1.82) is 0 Å². The molecule has 98 valence electrons. The lowest BCUT2D eigenvalue weighted by Gasteiger charge is -2.38. The summed E-state index contributed by atoms with van der Waals surface area (Å²) < 4.78 is 109. The second-order valence-corrected chi connectivity index (χ2v) is 3.63. The van der Waals surface area contributed by atoms with Gasteiger partial charge in [-0.25, -0.2) is 0 Å². The zero-order valence-electron chi connectivity index (χ0n) is 7.19. The Hall–Kier alpha value is -0.150. The third-order valence-corrected chi connectivity index (χ3v) is 2.32. The molecular formula is C6H4BrF9. The fourth-order valence-corrected chi connectivity index (χ4v) is 1.64. The van der Waals surface area contributed by atoms with Crippen LogP contribution in [0.3, 0.4) is 0 Å². The van der Waals surface area contributed by atoms with Crippen molar-refractivity contribution in [1.82, 2.24) is 0 Å². The fourth-order valence-electron chi connectivity index (χ4n) is 1.05. The van der Waals surface area contributed by atoms with Gasteiger partial charge in [-0.1, -0.05) is 15.9 Å². The van der Waals surface area contributed by atoms with Gasteiger partial charge in [0.25, 0.3) is 5.41 Å². The van der Waals surface area contributed by atoms with Crippen LogP contribution in [0.5, 0.6) is 0 Å². The van der Waals surface area contributed by atoms with Crippen LogP contribution < -0.4 is 0 Å². The summed E-state index contributed by atoms with van der Waals surface area (Å²) in [6.07, 6.45) is -21.5. The van der Waals surface area contributed by atoms with Gasteiger partial charge in [0.05, 0.1) is 0 Å². The van der Waals surface area contributed by atoms with Crippen molar-refractivity contribution >= 4 is 15.9 Å². The molecule has 0 radical (unpaired) electrons. The summed E-state index contributed by atoms with van der Waals surface area (Å²) >= 11 is 2.16. The van der Waals surface area contributed by atoms with E-state index in [0.29, 0.717) is 0 Å². The Kier molecular flexibility index (Phi) is 4.22. The summed E-state index contributed by atoms with van der Waals surface area (Å²) in [6.45, 7) is 0. The third-order valence-electron chi connectivity index (χ3n) is 1.92. The first-order chi connectivity index (χ1) is 6.81. The maximum Gasteiger partial charge on any atom is 0.412 e. The Morgan fingerprint density at radius 3 is 0.938 bits per heavy atom. The number of hydrogen-bond donors (Lipinski definition) is 0. The molecule has 16 heavy (non-hydrogen) atoms. The summed E-state index contributed by atoms with van der Waals surface area (Å²) in [7, 11) is 0. The predicted molar refractivity (Wildman–Crippen MR) is 39.0 cm³/mol. The Morgan fingerprint density at radius 1 is 0.625 bits per heavy atom. The summed E-state index contributed by atoms with van der Waals surface area (Å²) in [5.74, 6) is 0. The van der Waals surface area contributed by atoms with Gasteiger partial charge in [-0.05, 0) is 6.42 Å². The van der Waals surface area contributed by atoms with Crippen molar-refractivity contribution in [2.24, 2.45) is 5.41 Å². The molecule has 0 heterocycles. The minimum Gasteiger partial charge on any atom is -0.170 e. The maximum absolute atomic E-state index is 12.1. The third kappa shape index (κ3) is 2.40. The molecule has 0 aliphatic carbocycles. The monoisotopic (exact) mass is 326 g/mol. The van der Waals surface area contributed by atoms with Crippen LogP contribution >= 0.6 is 15.9 Å². The van der Waals surface area contributed by atoms with Crippen molar-refractivity contribution in [3.8, 4) is 0 Å². The lowest BCUT2D eigenvalue weighted by atomic mass is 9.82. The van der Waals surface area contributed by atoms with Crippen LogP contribution in [0.25, 0.3) is 0 Å². The fraction of sp³-hybridized carbons (Fsp3) is 1.00. The van der Waals surface area contributed by atoms with Gasteiger partial charge in [0.1, 0.15) is 0 Å². The topological polar surface area (TPSA) is 0 Å². The molecule has 0 aromatic heterocycles. The Balaban J connectivity index is 5.82. The van der Waals surface area contributed by atoms with Crippen LogP contribution in [0.1, 0.15) is 6.42 Å². The van der Waals surface area contributed by atoms with E-state index in [9.17, 15) is 39.5 Å². The van der Waals surface area contributed by atoms with Gasteiger partial charge in [0, 0.05) is 5.33 Å². The molecule has 0 spiro atoms. The van der Waals surface area contributed by atoms with Gasteiger partial charge in [0.15, 0.2) is 0 Å². The van der Waals surface area contributed by atoms with Crippen LogP contribution in [0.2, 0.25) is 0 Å². The SMILES string of the molecule is FC(F)(F)C(CCBr)(C(F)(F)F)C(F)(F)F. The second kappa shape index (κ2) is 4.26. The summed E-state index contributed by atoms with van der Waals surface area (Å²) in [6, 6.07) is 0. The van der Waals surface area contributed by atoms with Crippen molar-refractivity contribution in [3.05, 3.63) is 0 Å². The first kappa shape index (κ1) is 15.9. The Labute approximate surface area is 91.9 Å². The van der Waals surface area contributed by atoms with E-state index in [1.54, 1.807) is 0 Å². The molecule has 10 heteroatoms. The van der Waals surface area contributed by atoms with E-state index >= 15 is 0 Å². The van der Waals surface area contributed by atoms with E-state index in [1.165, 1.54) is 0 Å². The highest BCUT2D eigenvalue weighted by Crippen LogP contribution is 2.61. The van der Waals surface area contributed by atoms with Gasteiger partial charge >= 0.3 is 18.5 Å².